The number of aromatic nitrogens is 2. The fraction of sp³-hybridized carbons (Fsp3) is 0.276. The Balaban J connectivity index is 1.83. The van der Waals surface area contributed by atoms with Crippen molar-refractivity contribution < 1.29 is 39.6 Å². The van der Waals surface area contributed by atoms with Crippen molar-refractivity contribution in [2.24, 2.45) is 0 Å². The molecule has 7 nitrogen and oxygen atoms in total. The molecule has 0 unspecified atom stereocenters. The number of carbonyl (C=O) groups is 1. The van der Waals surface area contributed by atoms with E-state index in [-0.39, 0.29) is 34.7 Å². The highest BCUT2D eigenvalue weighted by atomic mass is 32.2. The Bertz CT molecular complexity index is 1830. The van der Waals surface area contributed by atoms with Crippen LogP contribution in [-0.4, -0.2) is 46.8 Å². The number of hydrogen-bond donors (Lipinski definition) is 0. The van der Waals surface area contributed by atoms with Gasteiger partial charge in [0, 0.05) is 30.1 Å². The molecule has 3 aromatic carbocycles. The Labute approximate surface area is 242 Å². The average molecular weight is 623 g/mol. The second kappa shape index (κ2) is 12.1. The van der Waals surface area contributed by atoms with Gasteiger partial charge in [0.25, 0.3) is 0 Å². The second-order valence-electron chi connectivity index (χ2n) is 9.71. The molecule has 0 aliphatic heterocycles. The van der Waals surface area contributed by atoms with E-state index in [9.17, 15) is 44.8 Å². The minimum absolute atomic E-state index is 0.00652. The Morgan fingerprint density at radius 3 is 2.28 bits per heavy atom. The topological polar surface area (TPSA) is 96.1 Å². The maximum Gasteiger partial charge on any atom is 0.419 e. The fourth-order valence-electron chi connectivity index (χ4n) is 4.56. The average Bonchev–Trinajstić information content (AvgIpc) is 3.31. The number of alkyl halides is 3. The lowest BCUT2D eigenvalue weighted by atomic mass is 10.1. The molecule has 1 aromatic heterocycles. The number of fused-ring (bicyclic) bond motifs is 1. The molecular weight excluding hydrogens is 598 g/mol. The highest BCUT2D eigenvalue weighted by Gasteiger charge is 2.35. The van der Waals surface area contributed by atoms with Gasteiger partial charge < -0.3 is 4.90 Å². The molecule has 1 heterocycles. The minimum Gasteiger partial charge on any atom is -0.331 e. The van der Waals surface area contributed by atoms with E-state index in [4.69, 9.17) is 0 Å². The summed E-state index contributed by atoms with van der Waals surface area (Å²) in [7, 11) is -3.62. The zero-order chi connectivity index (χ0) is 31.7. The summed E-state index contributed by atoms with van der Waals surface area (Å²) in [5.74, 6) is -5.35. The molecule has 4 rings (SSSR count). The van der Waals surface area contributed by atoms with Crippen molar-refractivity contribution in [2.75, 3.05) is 18.1 Å². The van der Waals surface area contributed by atoms with Gasteiger partial charge in [-0.15, -0.1) is 0 Å². The third-order valence-corrected chi connectivity index (χ3v) is 8.60. The van der Waals surface area contributed by atoms with Gasteiger partial charge in [0.15, 0.2) is 21.5 Å². The molecule has 1 atom stereocenters. The Morgan fingerprint density at radius 2 is 1.67 bits per heavy atom. The molecule has 1 amide bonds. The van der Waals surface area contributed by atoms with Crippen LogP contribution in [0.2, 0.25) is 0 Å². The van der Waals surface area contributed by atoms with E-state index in [0.29, 0.717) is 23.4 Å². The monoisotopic (exact) mass is 622 g/mol. The molecule has 0 aliphatic carbocycles. The van der Waals surface area contributed by atoms with Crippen LogP contribution in [0.25, 0.3) is 16.7 Å². The summed E-state index contributed by atoms with van der Waals surface area (Å²) in [5.41, 5.74) is -0.952. The van der Waals surface area contributed by atoms with Crippen LogP contribution < -0.4 is 0 Å². The van der Waals surface area contributed by atoms with Crippen molar-refractivity contribution in [3.63, 3.8) is 0 Å². The SMILES string of the molecule is CCS(=O)(=O)CCN(C(=O)Cc1ccc(F)c(C(F)(F)F)c1)[C@H](C)c1nc2cc(F)c(F)cc2n1-c1ccc(C#N)cc1. The van der Waals surface area contributed by atoms with Gasteiger partial charge in [0.1, 0.15) is 11.6 Å². The maximum absolute atomic E-state index is 14.3. The number of rotatable bonds is 9. The standard InChI is InChI=1S/C29H24F6N4O3S/c1-3-43(41,42)11-10-38(27(40)13-19-6-9-22(30)21(12-19)29(33,34)35)17(2)28-37-25-14-23(31)24(32)15-26(25)39(28)20-7-4-18(16-36)5-8-20/h4-9,12,14-15,17H,3,10-11,13H2,1-2H3/t17-/m1/s1. The third kappa shape index (κ3) is 6.83. The lowest BCUT2D eigenvalue weighted by Gasteiger charge is -2.30. The van der Waals surface area contributed by atoms with Crippen molar-refractivity contribution in [1.29, 1.82) is 5.26 Å². The lowest BCUT2D eigenvalue weighted by molar-refractivity contribution is -0.140. The normalized spacial score (nSPS) is 12.7. The molecule has 0 saturated heterocycles. The van der Waals surface area contributed by atoms with E-state index >= 15 is 0 Å². The Morgan fingerprint density at radius 1 is 1.02 bits per heavy atom. The molecule has 0 aliphatic rings. The van der Waals surface area contributed by atoms with Crippen LogP contribution in [0.5, 0.6) is 0 Å². The Hall–Kier alpha value is -4.38. The van der Waals surface area contributed by atoms with Gasteiger partial charge in [0.2, 0.25) is 5.91 Å². The number of halogens is 6. The first-order valence-corrected chi connectivity index (χ1v) is 14.7. The number of carbonyl (C=O) groups excluding carboxylic acids is 1. The van der Waals surface area contributed by atoms with Gasteiger partial charge in [-0.2, -0.15) is 18.4 Å². The summed E-state index contributed by atoms with van der Waals surface area (Å²) < 4.78 is 108. The molecule has 226 valence electrons. The van der Waals surface area contributed by atoms with E-state index in [2.05, 4.69) is 4.98 Å². The summed E-state index contributed by atoms with van der Waals surface area (Å²) in [6, 6.07) is 10.7. The highest BCUT2D eigenvalue weighted by Crippen LogP contribution is 2.33. The summed E-state index contributed by atoms with van der Waals surface area (Å²) in [4.78, 5) is 19.1. The van der Waals surface area contributed by atoms with Crippen LogP contribution >= 0.6 is 0 Å². The molecule has 0 N–H and O–H groups in total. The van der Waals surface area contributed by atoms with Crippen molar-refractivity contribution in [2.45, 2.75) is 32.5 Å². The van der Waals surface area contributed by atoms with Crippen LogP contribution in [0.15, 0.2) is 54.6 Å². The number of sulfone groups is 1. The van der Waals surface area contributed by atoms with Gasteiger partial charge in [-0.1, -0.05) is 13.0 Å². The lowest BCUT2D eigenvalue weighted by Crippen LogP contribution is -2.39. The van der Waals surface area contributed by atoms with Crippen LogP contribution in [0.3, 0.4) is 0 Å². The first-order valence-electron chi connectivity index (χ1n) is 12.9. The number of imidazole rings is 1. The molecule has 0 fully saturated rings. The van der Waals surface area contributed by atoms with Crippen LogP contribution in [0.4, 0.5) is 26.3 Å². The van der Waals surface area contributed by atoms with Gasteiger partial charge >= 0.3 is 6.18 Å². The maximum atomic E-state index is 14.3. The van der Waals surface area contributed by atoms with Crippen molar-refractivity contribution >= 4 is 26.8 Å². The first-order chi connectivity index (χ1) is 20.1. The largest absolute Gasteiger partial charge is 0.419 e. The van der Waals surface area contributed by atoms with Gasteiger partial charge in [-0.05, 0) is 48.9 Å². The van der Waals surface area contributed by atoms with Gasteiger partial charge in [-0.25, -0.2) is 26.6 Å². The summed E-state index contributed by atoms with van der Waals surface area (Å²) in [6.45, 7) is 2.51. The van der Waals surface area contributed by atoms with Crippen LogP contribution in [-0.2, 0) is 27.2 Å². The number of benzene rings is 3. The zero-order valence-corrected chi connectivity index (χ0v) is 23.6. The second-order valence-corrected chi connectivity index (χ2v) is 12.2. The zero-order valence-electron chi connectivity index (χ0n) is 22.8. The first kappa shape index (κ1) is 31.6. The number of nitriles is 1. The van der Waals surface area contributed by atoms with E-state index in [0.717, 1.165) is 23.1 Å². The van der Waals surface area contributed by atoms with Crippen molar-refractivity contribution in [3.05, 3.63) is 94.6 Å². The molecule has 0 saturated carbocycles. The molecule has 4 aromatic rings. The van der Waals surface area contributed by atoms with Gasteiger partial charge in [0.05, 0.1) is 46.4 Å². The molecule has 0 radical (unpaired) electrons. The predicted molar refractivity (Wildman–Crippen MR) is 145 cm³/mol. The number of nitrogens with zero attached hydrogens (tertiary/aromatic N) is 4. The highest BCUT2D eigenvalue weighted by molar-refractivity contribution is 7.91. The van der Waals surface area contributed by atoms with E-state index in [1.165, 1.54) is 42.7 Å². The van der Waals surface area contributed by atoms with Crippen molar-refractivity contribution in [1.82, 2.24) is 14.5 Å². The summed E-state index contributed by atoms with van der Waals surface area (Å²) in [5, 5.41) is 9.18. The minimum atomic E-state index is -5.01. The van der Waals surface area contributed by atoms with E-state index in [1.54, 1.807) is 0 Å². The smallest absolute Gasteiger partial charge is 0.331 e. The number of amides is 1. The van der Waals surface area contributed by atoms with E-state index in [1.807, 2.05) is 6.07 Å². The Kier molecular flexibility index (Phi) is 8.87. The molecular formula is C29H24F6N4O3S. The molecule has 43 heavy (non-hydrogen) atoms. The predicted octanol–water partition coefficient (Wildman–Crippen LogP) is 5.90. The summed E-state index contributed by atoms with van der Waals surface area (Å²) >= 11 is 0. The quantitative estimate of drug-likeness (QED) is 0.217. The molecule has 0 spiro atoms. The summed E-state index contributed by atoms with van der Waals surface area (Å²) in [6.07, 6.45) is -5.65. The molecule has 14 heteroatoms. The van der Waals surface area contributed by atoms with Crippen molar-refractivity contribution in [3.8, 4) is 11.8 Å². The van der Waals surface area contributed by atoms with Crippen LogP contribution in [0.1, 0.15) is 42.4 Å². The molecule has 0 bridgehead atoms. The number of hydrogen-bond acceptors (Lipinski definition) is 5. The third-order valence-electron chi connectivity index (χ3n) is 6.91. The van der Waals surface area contributed by atoms with E-state index < -0.39 is 63.2 Å². The van der Waals surface area contributed by atoms with Crippen LogP contribution in [0, 0.1) is 28.8 Å². The van der Waals surface area contributed by atoms with Gasteiger partial charge in [-0.3, -0.25) is 9.36 Å². The fourth-order valence-corrected chi connectivity index (χ4v) is 5.32.